The lowest BCUT2D eigenvalue weighted by Crippen LogP contribution is -2.05. The molecule has 0 fully saturated rings. The summed E-state index contributed by atoms with van der Waals surface area (Å²) in [7, 11) is 1.75. The average Bonchev–Trinajstić information content (AvgIpc) is 2.62. The minimum absolute atomic E-state index is 0.155. The number of rotatable bonds is 4. The van der Waals surface area contributed by atoms with Crippen LogP contribution >= 0.6 is 11.6 Å². The lowest BCUT2D eigenvalue weighted by Gasteiger charge is -2.09. The second-order valence-electron chi connectivity index (χ2n) is 4.06. The van der Waals surface area contributed by atoms with Crippen LogP contribution in [0.2, 0.25) is 5.02 Å². The Kier molecular flexibility index (Phi) is 3.85. The second-order valence-corrected chi connectivity index (χ2v) is 4.44. The molecule has 0 bridgehead atoms. The van der Waals surface area contributed by atoms with Gasteiger partial charge >= 0.3 is 0 Å². The molecule has 1 heterocycles. The Morgan fingerprint density at radius 2 is 2.26 bits per heavy atom. The smallest absolute Gasteiger partial charge is 0.153 e. The van der Waals surface area contributed by atoms with E-state index in [2.05, 4.69) is 5.10 Å². The van der Waals surface area contributed by atoms with Crippen molar-refractivity contribution in [1.82, 2.24) is 9.78 Å². The molecular weight excluding hydrogens is 271 g/mol. The van der Waals surface area contributed by atoms with Gasteiger partial charge in [-0.15, -0.1) is 0 Å². The summed E-state index contributed by atoms with van der Waals surface area (Å²) >= 11 is 6.09. The van der Waals surface area contributed by atoms with Crippen molar-refractivity contribution in [2.75, 3.05) is 0 Å². The fraction of sp³-hybridized carbons (Fsp3) is 0.231. The molecule has 4 nitrogen and oxygen atoms in total. The standard InChI is InChI=1S/C13H12ClFN2O2/c1-8-13(14)11(17(2)16-8)7-19-12-4-3-10(15)5-9(12)6-18/h3-6H,7H2,1-2H3. The zero-order chi connectivity index (χ0) is 14.0. The van der Waals surface area contributed by atoms with E-state index in [1.807, 2.05) is 0 Å². The zero-order valence-electron chi connectivity index (χ0n) is 10.5. The van der Waals surface area contributed by atoms with Crippen LogP contribution in [0, 0.1) is 12.7 Å². The number of nitrogens with zero attached hydrogens (tertiary/aromatic N) is 2. The SMILES string of the molecule is Cc1nn(C)c(COc2ccc(F)cc2C=O)c1Cl. The van der Waals surface area contributed by atoms with Gasteiger partial charge in [0.2, 0.25) is 0 Å². The second kappa shape index (κ2) is 5.40. The largest absolute Gasteiger partial charge is 0.487 e. The number of carbonyl (C=O) groups excluding carboxylic acids is 1. The van der Waals surface area contributed by atoms with Gasteiger partial charge in [0.25, 0.3) is 0 Å². The lowest BCUT2D eigenvalue weighted by atomic mass is 10.2. The number of carbonyl (C=O) groups is 1. The van der Waals surface area contributed by atoms with E-state index >= 15 is 0 Å². The van der Waals surface area contributed by atoms with Crippen LogP contribution in [0.4, 0.5) is 4.39 Å². The topological polar surface area (TPSA) is 44.1 Å². The fourth-order valence-electron chi connectivity index (χ4n) is 1.73. The van der Waals surface area contributed by atoms with E-state index in [1.165, 1.54) is 12.1 Å². The number of aldehydes is 1. The number of halogens is 2. The third-order valence-corrected chi connectivity index (χ3v) is 3.22. The molecule has 0 aliphatic heterocycles. The molecule has 0 spiro atoms. The Hall–Kier alpha value is -1.88. The normalized spacial score (nSPS) is 10.5. The van der Waals surface area contributed by atoms with Crippen LogP contribution in [0.25, 0.3) is 0 Å². The van der Waals surface area contributed by atoms with Gasteiger partial charge in [0, 0.05) is 7.05 Å². The molecule has 0 saturated carbocycles. The van der Waals surface area contributed by atoms with Crippen molar-refractivity contribution in [2.24, 2.45) is 7.05 Å². The van der Waals surface area contributed by atoms with Gasteiger partial charge in [-0.2, -0.15) is 5.10 Å². The van der Waals surface area contributed by atoms with Crippen LogP contribution in [0.5, 0.6) is 5.75 Å². The predicted octanol–water partition coefficient (Wildman–Crippen LogP) is 2.91. The van der Waals surface area contributed by atoms with Gasteiger partial charge in [0.15, 0.2) is 6.29 Å². The Morgan fingerprint density at radius 1 is 1.53 bits per heavy atom. The molecule has 0 N–H and O–H groups in total. The minimum Gasteiger partial charge on any atom is -0.487 e. The Labute approximate surface area is 114 Å². The molecule has 0 atom stereocenters. The van der Waals surface area contributed by atoms with E-state index in [4.69, 9.17) is 16.3 Å². The Balaban J connectivity index is 2.21. The molecule has 19 heavy (non-hydrogen) atoms. The summed E-state index contributed by atoms with van der Waals surface area (Å²) in [6.07, 6.45) is 0.550. The monoisotopic (exact) mass is 282 g/mol. The summed E-state index contributed by atoms with van der Waals surface area (Å²) < 4.78 is 20.1. The summed E-state index contributed by atoms with van der Waals surface area (Å²) in [6.45, 7) is 1.95. The Bertz CT molecular complexity index is 625. The lowest BCUT2D eigenvalue weighted by molar-refractivity contribution is 0.111. The van der Waals surface area contributed by atoms with Crippen LogP contribution < -0.4 is 4.74 Å². The first-order valence-electron chi connectivity index (χ1n) is 5.58. The number of aromatic nitrogens is 2. The molecule has 0 unspecified atom stereocenters. The van der Waals surface area contributed by atoms with Crippen LogP contribution in [-0.4, -0.2) is 16.1 Å². The molecule has 0 saturated heterocycles. The van der Waals surface area contributed by atoms with Crippen LogP contribution in [0.15, 0.2) is 18.2 Å². The number of hydrogen-bond donors (Lipinski definition) is 0. The van der Waals surface area contributed by atoms with E-state index in [9.17, 15) is 9.18 Å². The minimum atomic E-state index is -0.483. The molecule has 100 valence electrons. The number of aryl methyl sites for hydroxylation is 2. The molecule has 2 rings (SSSR count). The van der Waals surface area contributed by atoms with E-state index < -0.39 is 5.82 Å². The maximum absolute atomic E-state index is 13.0. The van der Waals surface area contributed by atoms with Gasteiger partial charge in [-0.1, -0.05) is 11.6 Å². The maximum Gasteiger partial charge on any atom is 0.153 e. The quantitative estimate of drug-likeness (QED) is 0.810. The highest BCUT2D eigenvalue weighted by atomic mass is 35.5. The van der Waals surface area contributed by atoms with Gasteiger partial charge < -0.3 is 4.74 Å². The first-order valence-corrected chi connectivity index (χ1v) is 5.96. The maximum atomic E-state index is 13.0. The highest BCUT2D eigenvalue weighted by molar-refractivity contribution is 6.31. The van der Waals surface area contributed by atoms with E-state index in [0.717, 1.165) is 6.07 Å². The van der Waals surface area contributed by atoms with Crippen molar-refractivity contribution >= 4 is 17.9 Å². The molecule has 1 aromatic carbocycles. The predicted molar refractivity (Wildman–Crippen MR) is 69.1 cm³/mol. The number of benzene rings is 1. The average molecular weight is 283 g/mol. The van der Waals surface area contributed by atoms with Crippen molar-refractivity contribution in [3.8, 4) is 5.75 Å². The van der Waals surface area contributed by atoms with E-state index in [-0.39, 0.29) is 12.2 Å². The molecule has 6 heteroatoms. The van der Waals surface area contributed by atoms with Gasteiger partial charge in [0.05, 0.1) is 22.0 Å². The summed E-state index contributed by atoms with van der Waals surface area (Å²) in [4.78, 5) is 10.8. The zero-order valence-corrected chi connectivity index (χ0v) is 11.2. The number of hydrogen-bond acceptors (Lipinski definition) is 3. The molecule has 1 aromatic heterocycles. The van der Waals surface area contributed by atoms with Crippen LogP contribution in [-0.2, 0) is 13.7 Å². The molecule has 0 radical (unpaired) electrons. The highest BCUT2D eigenvalue weighted by Gasteiger charge is 2.12. The van der Waals surface area contributed by atoms with Crippen LogP contribution in [0.3, 0.4) is 0 Å². The van der Waals surface area contributed by atoms with E-state index in [1.54, 1.807) is 18.7 Å². The van der Waals surface area contributed by atoms with E-state index in [0.29, 0.717) is 28.4 Å². The first kappa shape index (κ1) is 13.5. The molecule has 2 aromatic rings. The number of ether oxygens (including phenoxy) is 1. The van der Waals surface area contributed by atoms with Gasteiger partial charge in [-0.25, -0.2) is 4.39 Å². The summed E-state index contributed by atoms with van der Waals surface area (Å²) in [5, 5.41) is 4.68. The molecular formula is C13H12ClFN2O2. The highest BCUT2D eigenvalue weighted by Crippen LogP contribution is 2.23. The summed E-state index contributed by atoms with van der Waals surface area (Å²) in [5.41, 5.74) is 1.56. The molecule has 0 amide bonds. The van der Waals surface area contributed by atoms with Crippen molar-refractivity contribution < 1.29 is 13.9 Å². The first-order chi connectivity index (χ1) is 9.02. The van der Waals surface area contributed by atoms with Crippen molar-refractivity contribution in [1.29, 1.82) is 0 Å². The fourth-order valence-corrected chi connectivity index (χ4v) is 1.94. The third-order valence-electron chi connectivity index (χ3n) is 2.72. The van der Waals surface area contributed by atoms with Crippen molar-refractivity contribution in [2.45, 2.75) is 13.5 Å². The molecule has 0 aliphatic carbocycles. The third kappa shape index (κ3) is 2.76. The Morgan fingerprint density at radius 3 is 2.84 bits per heavy atom. The molecule has 0 aliphatic rings. The van der Waals surface area contributed by atoms with Gasteiger partial charge in [0.1, 0.15) is 18.2 Å². The van der Waals surface area contributed by atoms with Crippen molar-refractivity contribution in [3.63, 3.8) is 0 Å². The van der Waals surface area contributed by atoms with Crippen LogP contribution in [0.1, 0.15) is 21.7 Å². The summed E-state index contributed by atoms with van der Waals surface area (Å²) in [6, 6.07) is 3.77. The van der Waals surface area contributed by atoms with Gasteiger partial charge in [-0.05, 0) is 25.1 Å². The van der Waals surface area contributed by atoms with Gasteiger partial charge in [-0.3, -0.25) is 9.48 Å². The summed E-state index contributed by atoms with van der Waals surface area (Å²) in [5.74, 6) is -0.171. The van der Waals surface area contributed by atoms with Crippen molar-refractivity contribution in [3.05, 3.63) is 46.0 Å².